The van der Waals surface area contributed by atoms with Gasteiger partial charge in [0.25, 0.3) is 5.91 Å². The number of rotatable bonds is 3. The summed E-state index contributed by atoms with van der Waals surface area (Å²) in [4.78, 5) is 12.7. The molecular formula is C18H14N2O2. The Bertz CT molecular complexity index is 887. The summed E-state index contributed by atoms with van der Waals surface area (Å²) < 4.78 is 6.95. The maximum atomic E-state index is 12.7. The fourth-order valence-electron chi connectivity index (χ4n) is 2.46. The van der Waals surface area contributed by atoms with Crippen LogP contribution >= 0.6 is 0 Å². The molecule has 0 amide bonds. The predicted octanol–water partition coefficient (Wildman–Crippen LogP) is 3.60. The van der Waals surface area contributed by atoms with Gasteiger partial charge in [0.15, 0.2) is 0 Å². The summed E-state index contributed by atoms with van der Waals surface area (Å²) in [7, 11) is 0. The van der Waals surface area contributed by atoms with E-state index >= 15 is 0 Å². The highest BCUT2D eigenvalue weighted by Gasteiger charge is 2.15. The van der Waals surface area contributed by atoms with Gasteiger partial charge < -0.3 is 4.74 Å². The fraction of sp³-hybridized carbons (Fsp3) is 0.111. The van der Waals surface area contributed by atoms with Crippen LogP contribution in [0.15, 0.2) is 54.7 Å². The smallest absolute Gasteiger partial charge is 0.262 e. The number of aromatic nitrogens is 1. The van der Waals surface area contributed by atoms with Crippen molar-refractivity contribution in [1.29, 1.82) is 5.26 Å². The van der Waals surface area contributed by atoms with E-state index in [2.05, 4.69) is 6.07 Å². The third kappa shape index (κ3) is 2.33. The maximum absolute atomic E-state index is 12.7. The number of carbonyl (C=O) groups is 1. The lowest BCUT2D eigenvalue weighted by molar-refractivity contribution is 0.0964. The maximum Gasteiger partial charge on any atom is 0.262 e. The van der Waals surface area contributed by atoms with Crippen LogP contribution in [0, 0.1) is 11.3 Å². The standard InChI is InChI=1S/C18H14N2O2/c1-2-22-15-7-5-6-13(10-15)18(21)20-12-14(11-19)16-8-3-4-9-17(16)20/h3-10,12H,2H2,1H3. The van der Waals surface area contributed by atoms with E-state index in [4.69, 9.17) is 4.74 Å². The van der Waals surface area contributed by atoms with Crippen molar-refractivity contribution < 1.29 is 9.53 Å². The van der Waals surface area contributed by atoms with Gasteiger partial charge in [-0.1, -0.05) is 24.3 Å². The Morgan fingerprint density at radius 2 is 2.05 bits per heavy atom. The van der Waals surface area contributed by atoms with Crippen LogP contribution < -0.4 is 4.74 Å². The molecule has 0 saturated carbocycles. The lowest BCUT2D eigenvalue weighted by Crippen LogP contribution is -2.10. The van der Waals surface area contributed by atoms with E-state index in [-0.39, 0.29) is 5.91 Å². The topological polar surface area (TPSA) is 55.0 Å². The summed E-state index contributed by atoms with van der Waals surface area (Å²) in [5, 5.41) is 10.00. The number of nitrogens with zero attached hydrogens (tertiary/aromatic N) is 2. The molecule has 0 spiro atoms. The molecule has 0 aliphatic rings. The van der Waals surface area contributed by atoms with E-state index < -0.39 is 0 Å². The van der Waals surface area contributed by atoms with Crippen LogP contribution in [0.5, 0.6) is 5.75 Å². The molecule has 22 heavy (non-hydrogen) atoms. The van der Waals surface area contributed by atoms with Crippen molar-refractivity contribution in [3.8, 4) is 11.8 Å². The van der Waals surface area contributed by atoms with Gasteiger partial charge in [0.2, 0.25) is 0 Å². The molecule has 0 N–H and O–H groups in total. The van der Waals surface area contributed by atoms with Gasteiger partial charge in [0.05, 0.1) is 17.7 Å². The molecule has 1 aromatic heterocycles. The van der Waals surface area contributed by atoms with Crippen molar-refractivity contribution in [1.82, 2.24) is 4.57 Å². The number of fused-ring (bicyclic) bond motifs is 1. The summed E-state index contributed by atoms with van der Waals surface area (Å²) in [5.74, 6) is 0.476. The molecule has 2 aromatic carbocycles. The number of benzene rings is 2. The van der Waals surface area contributed by atoms with Crippen LogP contribution in [0.2, 0.25) is 0 Å². The van der Waals surface area contributed by atoms with Gasteiger partial charge in [-0.2, -0.15) is 5.26 Å². The Hall–Kier alpha value is -3.06. The van der Waals surface area contributed by atoms with E-state index in [9.17, 15) is 10.1 Å². The average Bonchev–Trinajstić information content (AvgIpc) is 2.93. The monoisotopic (exact) mass is 290 g/mol. The molecule has 0 radical (unpaired) electrons. The molecule has 3 aromatic rings. The van der Waals surface area contributed by atoms with Gasteiger partial charge in [-0.15, -0.1) is 0 Å². The van der Waals surface area contributed by atoms with E-state index in [0.29, 0.717) is 23.5 Å². The first-order chi connectivity index (χ1) is 10.7. The van der Waals surface area contributed by atoms with Crippen LogP contribution in [0.1, 0.15) is 22.8 Å². The minimum atomic E-state index is -0.181. The van der Waals surface area contributed by atoms with Gasteiger partial charge >= 0.3 is 0 Å². The van der Waals surface area contributed by atoms with Crippen molar-refractivity contribution >= 4 is 16.8 Å². The molecule has 4 nitrogen and oxygen atoms in total. The second-order valence-corrected chi connectivity index (χ2v) is 4.81. The Morgan fingerprint density at radius 3 is 2.82 bits per heavy atom. The molecule has 1 heterocycles. The number of carbonyl (C=O) groups excluding carboxylic acids is 1. The Balaban J connectivity index is 2.10. The fourth-order valence-corrected chi connectivity index (χ4v) is 2.46. The van der Waals surface area contributed by atoms with Crippen molar-refractivity contribution in [3.05, 3.63) is 65.9 Å². The van der Waals surface area contributed by atoms with Crippen LogP contribution in [0.4, 0.5) is 0 Å². The van der Waals surface area contributed by atoms with Gasteiger partial charge in [-0.3, -0.25) is 9.36 Å². The van der Waals surface area contributed by atoms with Crippen LogP contribution in [0.25, 0.3) is 10.9 Å². The van der Waals surface area contributed by atoms with E-state index in [1.54, 1.807) is 24.4 Å². The summed E-state index contributed by atoms with van der Waals surface area (Å²) in [6.45, 7) is 2.44. The van der Waals surface area contributed by atoms with E-state index in [0.717, 1.165) is 10.9 Å². The Labute approximate surface area is 128 Å². The zero-order chi connectivity index (χ0) is 15.5. The Kier molecular flexibility index (Phi) is 3.63. The molecular weight excluding hydrogens is 276 g/mol. The van der Waals surface area contributed by atoms with Crippen molar-refractivity contribution in [3.63, 3.8) is 0 Å². The number of hydrogen-bond acceptors (Lipinski definition) is 3. The third-order valence-electron chi connectivity index (χ3n) is 3.44. The molecule has 4 heteroatoms. The second-order valence-electron chi connectivity index (χ2n) is 4.81. The number of para-hydroxylation sites is 1. The molecule has 0 aliphatic carbocycles. The summed E-state index contributed by atoms with van der Waals surface area (Å²) in [6.07, 6.45) is 1.58. The summed E-state index contributed by atoms with van der Waals surface area (Å²) >= 11 is 0. The number of ether oxygens (including phenoxy) is 1. The molecule has 3 rings (SSSR count). The Morgan fingerprint density at radius 1 is 1.23 bits per heavy atom. The molecule has 0 aliphatic heterocycles. The van der Waals surface area contributed by atoms with Crippen molar-refractivity contribution in [2.75, 3.05) is 6.61 Å². The lowest BCUT2D eigenvalue weighted by atomic mass is 10.2. The molecule has 108 valence electrons. The molecule has 0 bridgehead atoms. The highest BCUT2D eigenvalue weighted by atomic mass is 16.5. The minimum Gasteiger partial charge on any atom is -0.494 e. The van der Waals surface area contributed by atoms with Gasteiger partial charge in [0, 0.05) is 17.1 Å². The van der Waals surface area contributed by atoms with Crippen LogP contribution in [0.3, 0.4) is 0 Å². The van der Waals surface area contributed by atoms with E-state index in [1.165, 1.54) is 4.57 Å². The summed E-state index contributed by atoms with van der Waals surface area (Å²) in [6, 6.07) is 16.6. The van der Waals surface area contributed by atoms with Crippen LogP contribution in [-0.2, 0) is 0 Å². The molecule has 0 saturated heterocycles. The van der Waals surface area contributed by atoms with Crippen molar-refractivity contribution in [2.45, 2.75) is 6.92 Å². The third-order valence-corrected chi connectivity index (χ3v) is 3.44. The summed E-state index contributed by atoms with van der Waals surface area (Å²) in [5.41, 5.74) is 1.74. The number of hydrogen-bond donors (Lipinski definition) is 0. The van der Waals surface area contributed by atoms with Crippen molar-refractivity contribution in [2.24, 2.45) is 0 Å². The largest absolute Gasteiger partial charge is 0.494 e. The second kappa shape index (κ2) is 5.74. The van der Waals surface area contributed by atoms with Gasteiger partial charge in [0.1, 0.15) is 11.8 Å². The number of nitriles is 1. The van der Waals surface area contributed by atoms with Crippen LogP contribution in [-0.4, -0.2) is 17.1 Å². The minimum absolute atomic E-state index is 0.181. The first-order valence-electron chi connectivity index (χ1n) is 7.02. The normalized spacial score (nSPS) is 10.4. The lowest BCUT2D eigenvalue weighted by Gasteiger charge is -2.07. The molecule has 0 atom stereocenters. The molecule has 0 unspecified atom stereocenters. The first kappa shape index (κ1) is 13.9. The first-order valence-corrected chi connectivity index (χ1v) is 7.02. The van der Waals surface area contributed by atoms with E-state index in [1.807, 2.05) is 37.3 Å². The SMILES string of the molecule is CCOc1cccc(C(=O)n2cc(C#N)c3ccccc32)c1. The average molecular weight is 290 g/mol. The highest BCUT2D eigenvalue weighted by Crippen LogP contribution is 2.22. The van der Waals surface area contributed by atoms with Gasteiger partial charge in [-0.05, 0) is 31.2 Å². The highest BCUT2D eigenvalue weighted by molar-refractivity contribution is 6.03. The zero-order valence-electron chi connectivity index (χ0n) is 12.1. The zero-order valence-corrected chi connectivity index (χ0v) is 12.1. The molecule has 0 fully saturated rings. The predicted molar refractivity (Wildman–Crippen MR) is 84.0 cm³/mol. The quantitative estimate of drug-likeness (QED) is 0.740. The van der Waals surface area contributed by atoms with Gasteiger partial charge in [-0.25, -0.2) is 0 Å².